The molecule has 1 fully saturated rings. The fourth-order valence-corrected chi connectivity index (χ4v) is 3.01. The number of hydrogen-bond donors (Lipinski definition) is 2. The summed E-state index contributed by atoms with van der Waals surface area (Å²) in [5, 5.41) is 5.58. The first-order valence-corrected chi connectivity index (χ1v) is 9.15. The lowest BCUT2D eigenvalue weighted by Gasteiger charge is -2.28. The zero-order valence-electron chi connectivity index (χ0n) is 16.0. The van der Waals surface area contributed by atoms with E-state index in [4.69, 9.17) is 0 Å². The van der Waals surface area contributed by atoms with Crippen LogP contribution in [0.5, 0.6) is 0 Å². The molecule has 9 heteroatoms. The third-order valence-corrected chi connectivity index (χ3v) is 4.56. The number of halogens is 3. The van der Waals surface area contributed by atoms with Gasteiger partial charge in [-0.15, -0.1) is 0 Å². The Hall–Kier alpha value is -2.58. The molecular weight excluding hydrogens is 373 g/mol. The molecule has 2 heterocycles. The van der Waals surface area contributed by atoms with Gasteiger partial charge in [0.1, 0.15) is 0 Å². The summed E-state index contributed by atoms with van der Waals surface area (Å²) in [4.78, 5) is 29.4. The number of aromatic nitrogens is 2. The predicted octanol–water partition coefficient (Wildman–Crippen LogP) is 4.05. The van der Waals surface area contributed by atoms with Crippen LogP contribution in [0.25, 0.3) is 5.65 Å². The molecule has 0 aromatic carbocycles. The molecule has 0 bridgehead atoms. The topological polar surface area (TPSA) is 75.5 Å². The number of anilines is 2. The van der Waals surface area contributed by atoms with Crippen LogP contribution in [0.15, 0.2) is 23.1 Å². The van der Waals surface area contributed by atoms with Crippen LogP contribution in [-0.4, -0.2) is 21.3 Å². The van der Waals surface area contributed by atoms with Crippen molar-refractivity contribution in [3.63, 3.8) is 0 Å². The van der Waals surface area contributed by atoms with Crippen LogP contribution in [0.1, 0.15) is 52.0 Å². The Morgan fingerprint density at radius 1 is 1.29 bits per heavy atom. The molecule has 2 aromatic rings. The van der Waals surface area contributed by atoms with Crippen molar-refractivity contribution in [1.82, 2.24) is 9.38 Å². The van der Waals surface area contributed by atoms with E-state index in [-0.39, 0.29) is 29.4 Å². The van der Waals surface area contributed by atoms with Crippen LogP contribution in [0.4, 0.5) is 24.7 Å². The number of alkyl halides is 3. The van der Waals surface area contributed by atoms with Crippen molar-refractivity contribution < 1.29 is 18.0 Å². The molecule has 1 aliphatic carbocycles. The van der Waals surface area contributed by atoms with Crippen molar-refractivity contribution in [1.29, 1.82) is 0 Å². The van der Waals surface area contributed by atoms with Gasteiger partial charge in [-0.05, 0) is 36.8 Å². The Bertz CT molecular complexity index is 957. The minimum absolute atomic E-state index is 0.0191. The SMILES string of the molecule is CC(C)(C)CC(=O)Nc1c(NC2CCC2)nc2c(C(F)(F)F)cccn2c1=O. The summed E-state index contributed by atoms with van der Waals surface area (Å²) >= 11 is 0. The number of amides is 1. The second-order valence-corrected chi connectivity index (χ2v) is 8.31. The second-order valence-electron chi connectivity index (χ2n) is 8.31. The molecule has 0 atom stereocenters. The molecule has 0 unspecified atom stereocenters. The van der Waals surface area contributed by atoms with E-state index in [1.807, 2.05) is 20.8 Å². The first-order chi connectivity index (χ1) is 13.0. The number of fused-ring (bicyclic) bond motifs is 1. The van der Waals surface area contributed by atoms with Crippen molar-refractivity contribution in [3.05, 3.63) is 34.2 Å². The Morgan fingerprint density at radius 3 is 2.50 bits per heavy atom. The Labute approximate surface area is 160 Å². The van der Waals surface area contributed by atoms with Crippen LogP contribution >= 0.6 is 0 Å². The van der Waals surface area contributed by atoms with Crippen LogP contribution < -0.4 is 16.2 Å². The smallest absolute Gasteiger partial charge is 0.365 e. The highest BCUT2D eigenvalue weighted by Crippen LogP contribution is 2.33. The summed E-state index contributed by atoms with van der Waals surface area (Å²) in [5.74, 6) is -0.413. The average molecular weight is 396 g/mol. The molecular formula is C19H23F3N4O2. The molecule has 6 nitrogen and oxygen atoms in total. The van der Waals surface area contributed by atoms with Gasteiger partial charge in [0.2, 0.25) is 5.91 Å². The lowest BCUT2D eigenvalue weighted by atomic mass is 9.92. The summed E-state index contributed by atoms with van der Waals surface area (Å²) < 4.78 is 40.9. The van der Waals surface area contributed by atoms with E-state index in [0.29, 0.717) is 0 Å². The van der Waals surface area contributed by atoms with Gasteiger partial charge in [0, 0.05) is 18.7 Å². The first-order valence-electron chi connectivity index (χ1n) is 9.15. The molecule has 28 heavy (non-hydrogen) atoms. The highest BCUT2D eigenvalue weighted by atomic mass is 19.4. The zero-order valence-corrected chi connectivity index (χ0v) is 16.0. The summed E-state index contributed by atoms with van der Waals surface area (Å²) in [6, 6.07) is 2.04. The molecule has 1 saturated carbocycles. The molecule has 2 aromatic heterocycles. The van der Waals surface area contributed by atoms with E-state index >= 15 is 0 Å². The molecule has 1 amide bonds. The van der Waals surface area contributed by atoms with Gasteiger partial charge in [0.25, 0.3) is 5.56 Å². The normalized spacial score (nSPS) is 15.4. The van der Waals surface area contributed by atoms with Crippen LogP contribution in [0.2, 0.25) is 0 Å². The molecule has 3 rings (SSSR count). The number of pyridine rings is 1. The van der Waals surface area contributed by atoms with Gasteiger partial charge < -0.3 is 10.6 Å². The molecule has 0 aliphatic heterocycles. The minimum Gasteiger partial charge on any atom is -0.365 e. The van der Waals surface area contributed by atoms with E-state index in [2.05, 4.69) is 15.6 Å². The predicted molar refractivity (Wildman–Crippen MR) is 100 cm³/mol. The van der Waals surface area contributed by atoms with Crippen LogP contribution in [-0.2, 0) is 11.0 Å². The number of rotatable bonds is 4. The maximum atomic E-state index is 13.4. The maximum absolute atomic E-state index is 13.4. The monoisotopic (exact) mass is 396 g/mol. The molecule has 0 radical (unpaired) electrons. The largest absolute Gasteiger partial charge is 0.419 e. The number of nitrogens with zero attached hydrogens (tertiary/aromatic N) is 2. The lowest BCUT2D eigenvalue weighted by molar-refractivity contribution is -0.136. The summed E-state index contributed by atoms with van der Waals surface area (Å²) in [7, 11) is 0. The minimum atomic E-state index is -4.66. The number of carbonyl (C=O) groups excluding carboxylic acids is 1. The van der Waals surface area contributed by atoms with Gasteiger partial charge in [-0.25, -0.2) is 4.98 Å². The zero-order chi connectivity index (χ0) is 20.7. The Morgan fingerprint density at radius 2 is 1.96 bits per heavy atom. The van der Waals surface area contributed by atoms with Crippen molar-refractivity contribution in [3.8, 4) is 0 Å². The van der Waals surface area contributed by atoms with Gasteiger partial charge in [0.05, 0.1) is 5.56 Å². The quantitative estimate of drug-likeness (QED) is 0.818. The van der Waals surface area contributed by atoms with Crippen molar-refractivity contribution in [2.24, 2.45) is 5.41 Å². The molecule has 0 saturated heterocycles. The van der Waals surface area contributed by atoms with Crippen LogP contribution in [0.3, 0.4) is 0 Å². The summed E-state index contributed by atoms with van der Waals surface area (Å²) in [6.45, 7) is 5.63. The van der Waals surface area contributed by atoms with E-state index in [1.165, 1.54) is 6.20 Å². The van der Waals surface area contributed by atoms with E-state index < -0.39 is 28.9 Å². The Kier molecular flexibility index (Phi) is 5.12. The van der Waals surface area contributed by atoms with E-state index in [1.54, 1.807) is 0 Å². The number of nitrogens with one attached hydrogen (secondary N) is 2. The molecule has 152 valence electrons. The van der Waals surface area contributed by atoms with E-state index in [9.17, 15) is 22.8 Å². The number of carbonyl (C=O) groups is 1. The van der Waals surface area contributed by atoms with Gasteiger partial charge in [-0.3, -0.25) is 14.0 Å². The van der Waals surface area contributed by atoms with Gasteiger partial charge in [0.15, 0.2) is 17.2 Å². The Balaban J connectivity index is 2.12. The fourth-order valence-electron chi connectivity index (χ4n) is 3.01. The average Bonchev–Trinajstić information content (AvgIpc) is 2.51. The highest BCUT2D eigenvalue weighted by molar-refractivity contribution is 5.94. The molecule has 2 N–H and O–H groups in total. The van der Waals surface area contributed by atoms with Crippen molar-refractivity contribution in [2.45, 2.75) is 58.7 Å². The van der Waals surface area contributed by atoms with Gasteiger partial charge in [-0.2, -0.15) is 13.2 Å². The van der Waals surface area contributed by atoms with Crippen molar-refractivity contribution in [2.75, 3.05) is 10.6 Å². The fraction of sp³-hybridized carbons (Fsp3) is 0.526. The first kappa shape index (κ1) is 20.2. The standard InChI is InChI=1S/C19H23F3N4O2/c1-18(2,3)10-13(27)24-14-15(23-11-6-4-7-11)25-16-12(19(20,21)22)8-5-9-26(16)17(14)28/h5,8-9,11,23H,4,6-7,10H2,1-3H3,(H,24,27). The summed E-state index contributed by atoms with van der Waals surface area (Å²) in [5.41, 5.74) is -2.68. The van der Waals surface area contributed by atoms with Gasteiger partial charge in [-0.1, -0.05) is 20.8 Å². The second kappa shape index (κ2) is 7.10. The third-order valence-electron chi connectivity index (χ3n) is 4.56. The maximum Gasteiger partial charge on any atom is 0.419 e. The van der Waals surface area contributed by atoms with E-state index in [0.717, 1.165) is 35.8 Å². The highest BCUT2D eigenvalue weighted by Gasteiger charge is 2.35. The number of hydrogen-bond acceptors (Lipinski definition) is 4. The van der Waals surface area contributed by atoms with Crippen molar-refractivity contribution >= 4 is 23.1 Å². The van der Waals surface area contributed by atoms with Gasteiger partial charge >= 0.3 is 6.18 Å². The third kappa shape index (κ3) is 4.28. The summed E-state index contributed by atoms with van der Waals surface area (Å²) in [6.07, 6.45) is -0.637. The van der Waals surface area contributed by atoms with Crippen LogP contribution in [0, 0.1) is 5.41 Å². The lowest BCUT2D eigenvalue weighted by Crippen LogP contribution is -2.32. The molecule has 1 aliphatic rings. The molecule has 0 spiro atoms.